The van der Waals surface area contributed by atoms with E-state index in [4.69, 9.17) is 0 Å². The molecular weight excluding hydrogens is 309 g/mol. The molecule has 0 fully saturated rings. The second kappa shape index (κ2) is 7.48. The molecule has 0 bridgehead atoms. The van der Waals surface area contributed by atoms with E-state index < -0.39 is 17.2 Å². The first-order chi connectivity index (χ1) is 10.5. The molecule has 23 heavy (non-hydrogen) atoms. The summed E-state index contributed by atoms with van der Waals surface area (Å²) in [6.07, 6.45) is -4.25. The molecule has 0 heterocycles. The van der Waals surface area contributed by atoms with Crippen LogP contribution in [0.15, 0.2) is 24.3 Å². The molecule has 0 unspecified atom stereocenters. The Hall–Kier alpha value is -2.05. The number of nitrogens with one attached hydrogen (secondary N) is 2. The summed E-state index contributed by atoms with van der Waals surface area (Å²) < 4.78 is 37.3. The molecule has 0 atom stereocenters. The van der Waals surface area contributed by atoms with Gasteiger partial charge in [0.1, 0.15) is 0 Å². The average molecular weight is 330 g/mol. The molecule has 1 aromatic rings. The highest BCUT2D eigenvalue weighted by Crippen LogP contribution is 2.29. The molecule has 0 aliphatic rings. The van der Waals surface area contributed by atoms with Crippen LogP contribution in [0.4, 0.5) is 13.2 Å². The standard InChI is InChI=1S/C16H21F3N2O2/c1-15(2,3)14(23)20-9-8-13(22)21-10-11-4-6-12(7-5-11)16(17,18)19/h4-7H,8-10H2,1-3H3,(H,20,23)(H,21,22). The monoisotopic (exact) mass is 330 g/mol. The first kappa shape index (κ1) is 19.0. The lowest BCUT2D eigenvalue weighted by Crippen LogP contribution is -2.37. The molecule has 0 aromatic heterocycles. The third kappa shape index (κ3) is 6.71. The maximum Gasteiger partial charge on any atom is 0.416 e. The predicted molar refractivity (Wildman–Crippen MR) is 80.4 cm³/mol. The van der Waals surface area contributed by atoms with E-state index in [2.05, 4.69) is 10.6 Å². The van der Waals surface area contributed by atoms with E-state index in [1.807, 2.05) is 0 Å². The maximum atomic E-state index is 12.4. The van der Waals surface area contributed by atoms with Gasteiger partial charge in [0.25, 0.3) is 0 Å². The lowest BCUT2D eigenvalue weighted by atomic mass is 9.96. The van der Waals surface area contributed by atoms with Gasteiger partial charge in [0.2, 0.25) is 11.8 Å². The number of carbonyl (C=O) groups is 2. The highest BCUT2D eigenvalue weighted by atomic mass is 19.4. The van der Waals surface area contributed by atoms with Crippen molar-refractivity contribution < 1.29 is 22.8 Å². The Morgan fingerprint density at radius 1 is 1.00 bits per heavy atom. The Kier molecular flexibility index (Phi) is 6.18. The fourth-order valence-corrected chi connectivity index (χ4v) is 1.66. The predicted octanol–water partition coefficient (Wildman–Crippen LogP) is 2.87. The molecule has 2 N–H and O–H groups in total. The zero-order chi connectivity index (χ0) is 17.7. The number of rotatable bonds is 5. The fourth-order valence-electron chi connectivity index (χ4n) is 1.66. The van der Waals surface area contributed by atoms with Crippen LogP contribution in [0, 0.1) is 5.41 Å². The maximum absolute atomic E-state index is 12.4. The van der Waals surface area contributed by atoms with Gasteiger partial charge in [-0.25, -0.2) is 0 Å². The largest absolute Gasteiger partial charge is 0.416 e. The van der Waals surface area contributed by atoms with Crippen molar-refractivity contribution in [3.8, 4) is 0 Å². The van der Waals surface area contributed by atoms with E-state index >= 15 is 0 Å². The summed E-state index contributed by atoms with van der Waals surface area (Å²) in [5, 5.41) is 5.25. The molecule has 0 aliphatic heterocycles. The minimum Gasteiger partial charge on any atom is -0.355 e. The molecule has 128 valence electrons. The Labute approximate surface area is 133 Å². The first-order valence-corrected chi connectivity index (χ1v) is 7.21. The van der Waals surface area contributed by atoms with E-state index in [1.54, 1.807) is 20.8 Å². The summed E-state index contributed by atoms with van der Waals surface area (Å²) >= 11 is 0. The molecular formula is C16H21F3N2O2. The summed E-state index contributed by atoms with van der Waals surface area (Å²) in [5.41, 5.74) is -0.668. The summed E-state index contributed by atoms with van der Waals surface area (Å²) in [4.78, 5) is 23.2. The fraction of sp³-hybridized carbons (Fsp3) is 0.500. The van der Waals surface area contributed by atoms with Crippen molar-refractivity contribution in [3.63, 3.8) is 0 Å². The van der Waals surface area contributed by atoms with Crippen LogP contribution in [0.5, 0.6) is 0 Å². The normalized spacial score (nSPS) is 11.9. The first-order valence-electron chi connectivity index (χ1n) is 7.21. The van der Waals surface area contributed by atoms with Gasteiger partial charge >= 0.3 is 6.18 Å². The van der Waals surface area contributed by atoms with Gasteiger partial charge in [0.15, 0.2) is 0 Å². The molecule has 1 aromatic carbocycles. The van der Waals surface area contributed by atoms with Crippen molar-refractivity contribution in [2.75, 3.05) is 6.54 Å². The second-order valence-electron chi connectivity index (χ2n) is 6.23. The van der Waals surface area contributed by atoms with E-state index in [0.29, 0.717) is 5.56 Å². The van der Waals surface area contributed by atoms with Gasteiger partial charge in [-0.15, -0.1) is 0 Å². The van der Waals surface area contributed by atoms with E-state index in [9.17, 15) is 22.8 Å². The van der Waals surface area contributed by atoms with Gasteiger partial charge in [-0.3, -0.25) is 9.59 Å². The van der Waals surface area contributed by atoms with Crippen LogP contribution in [0.25, 0.3) is 0 Å². The number of hydrogen-bond donors (Lipinski definition) is 2. The third-order valence-electron chi connectivity index (χ3n) is 3.09. The number of halogens is 3. The Bertz CT molecular complexity index is 546. The van der Waals surface area contributed by atoms with Gasteiger partial charge in [0.05, 0.1) is 5.56 Å². The minimum absolute atomic E-state index is 0.114. The molecule has 4 nitrogen and oxygen atoms in total. The summed E-state index contributed by atoms with van der Waals surface area (Å²) in [7, 11) is 0. The van der Waals surface area contributed by atoms with Gasteiger partial charge in [-0.1, -0.05) is 32.9 Å². The molecule has 7 heteroatoms. The van der Waals surface area contributed by atoms with Crippen LogP contribution in [-0.2, 0) is 22.3 Å². The van der Waals surface area contributed by atoms with Crippen LogP contribution in [0.3, 0.4) is 0 Å². The number of hydrogen-bond acceptors (Lipinski definition) is 2. The van der Waals surface area contributed by atoms with E-state index in [1.165, 1.54) is 12.1 Å². The summed E-state index contributed by atoms with van der Waals surface area (Å²) in [5.74, 6) is -0.424. The number of benzene rings is 1. The van der Waals surface area contributed by atoms with Crippen LogP contribution in [-0.4, -0.2) is 18.4 Å². The van der Waals surface area contributed by atoms with Crippen molar-refractivity contribution in [2.45, 2.75) is 39.9 Å². The SMILES string of the molecule is CC(C)(C)C(=O)NCCC(=O)NCc1ccc(C(F)(F)F)cc1. The summed E-state index contributed by atoms with van der Waals surface area (Å²) in [6.45, 7) is 5.67. The van der Waals surface area contributed by atoms with E-state index in [0.717, 1.165) is 12.1 Å². The smallest absolute Gasteiger partial charge is 0.355 e. The van der Waals surface area contributed by atoms with Crippen LogP contribution in [0.1, 0.15) is 38.3 Å². The Morgan fingerprint density at radius 3 is 2.04 bits per heavy atom. The number of amides is 2. The van der Waals surface area contributed by atoms with Crippen LogP contribution in [0.2, 0.25) is 0 Å². The molecule has 2 amide bonds. The van der Waals surface area contributed by atoms with Crippen molar-refractivity contribution in [1.29, 1.82) is 0 Å². The van der Waals surface area contributed by atoms with Gasteiger partial charge in [-0.05, 0) is 17.7 Å². The quantitative estimate of drug-likeness (QED) is 0.872. The van der Waals surface area contributed by atoms with Crippen LogP contribution < -0.4 is 10.6 Å². The third-order valence-corrected chi connectivity index (χ3v) is 3.09. The summed E-state index contributed by atoms with van der Waals surface area (Å²) in [6, 6.07) is 4.60. The molecule has 0 aliphatic carbocycles. The molecule has 0 saturated carbocycles. The van der Waals surface area contributed by atoms with Gasteiger partial charge < -0.3 is 10.6 Å². The zero-order valence-electron chi connectivity index (χ0n) is 13.4. The van der Waals surface area contributed by atoms with Crippen molar-refractivity contribution in [3.05, 3.63) is 35.4 Å². The highest BCUT2D eigenvalue weighted by Gasteiger charge is 2.29. The van der Waals surface area contributed by atoms with Crippen molar-refractivity contribution in [2.24, 2.45) is 5.41 Å². The second-order valence-corrected chi connectivity index (χ2v) is 6.23. The van der Waals surface area contributed by atoms with Gasteiger partial charge in [0, 0.05) is 24.9 Å². The highest BCUT2D eigenvalue weighted by molar-refractivity contribution is 5.82. The minimum atomic E-state index is -4.37. The molecule has 0 spiro atoms. The molecule has 0 saturated heterocycles. The Morgan fingerprint density at radius 2 is 1.57 bits per heavy atom. The van der Waals surface area contributed by atoms with Crippen molar-refractivity contribution >= 4 is 11.8 Å². The zero-order valence-corrected chi connectivity index (χ0v) is 13.4. The van der Waals surface area contributed by atoms with Crippen molar-refractivity contribution in [1.82, 2.24) is 10.6 Å². The molecule has 1 rings (SSSR count). The number of carbonyl (C=O) groups excluding carboxylic acids is 2. The molecule has 0 radical (unpaired) electrons. The Balaban J connectivity index is 2.35. The number of alkyl halides is 3. The topological polar surface area (TPSA) is 58.2 Å². The van der Waals surface area contributed by atoms with E-state index in [-0.39, 0.29) is 31.3 Å². The van der Waals surface area contributed by atoms with Crippen LogP contribution >= 0.6 is 0 Å². The van der Waals surface area contributed by atoms with Gasteiger partial charge in [-0.2, -0.15) is 13.2 Å². The lowest BCUT2D eigenvalue weighted by molar-refractivity contribution is -0.137. The average Bonchev–Trinajstić information content (AvgIpc) is 2.43. The lowest BCUT2D eigenvalue weighted by Gasteiger charge is -2.17.